The number of nitrogens with zero attached hydrogens (tertiary/aromatic N) is 4. The van der Waals surface area contributed by atoms with Gasteiger partial charge in [-0.15, -0.1) is 24.0 Å². The van der Waals surface area contributed by atoms with Crippen molar-refractivity contribution in [2.24, 2.45) is 12.0 Å². The predicted molar refractivity (Wildman–Crippen MR) is 122 cm³/mol. The fourth-order valence-electron chi connectivity index (χ4n) is 3.29. The summed E-state index contributed by atoms with van der Waals surface area (Å²) in [6.45, 7) is 6.21. The minimum absolute atomic E-state index is 0. The molecule has 2 heterocycles. The molecule has 1 aliphatic heterocycles. The third-order valence-corrected chi connectivity index (χ3v) is 4.60. The number of hydrogen-bond acceptors (Lipinski definition) is 4. The molecular weight excluding hydrogens is 469 g/mol. The summed E-state index contributed by atoms with van der Waals surface area (Å²) < 4.78 is 12.7. The third kappa shape index (κ3) is 5.30. The van der Waals surface area contributed by atoms with Crippen LogP contribution in [0.1, 0.15) is 36.6 Å². The largest absolute Gasteiger partial charge is 0.454 e. The van der Waals surface area contributed by atoms with Crippen LogP contribution in [-0.2, 0) is 20.0 Å². The molecule has 0 fully saturated rings. The van der Waals surface area contributed by atoms with E-state index < -0.39 is 0 Å². The Morgan fingerprint density at radius 1 is 1.32 bits per heavy atom. The summed E-state index contributed by atoms with van der Waals surface area (Å²) in [7, 11) is 5.83. The molecule has 1 aromatic heterocycles. The third-order valence-electron chi connectivity index (χ3n) is 4.60. The van der Waals surface area contributed by atoms with Crippen LogP contribution in [0.3, 0.4) is 0 Å². The van der Waals surface area contributed by atoms with Crippen molar-refractivity contribution >= 4 is 29.9 Å². The van der Waals surface area contributed by atoms with Crippen LogP contribution in [0.5, 0.6) is 11.5 Å². The standard InChI is InChI=1S/C20H29N5O2.HI/c1-14(2)19-16(12-25(5)23-19)11-24(4)20(21-3)22-9-8-15-6-7-17-18(10-15)27-13-26-17;/h6-7,10,12,14H,8-9,11,13H2,1-5H3,(H,21,22);1H. The van der Waals surface area contributed by atoms with Gasteiger partial charge in [0.05, 0.1) is 5.69 Å². The fourth-order valence-corrected chi connectivity index (χ4v) is 3.29. The number of benzene rings is 1. The molecule has 1 aliphatic rings. The van der Waals surface area contributed by atoms with Gasteiger partial charge in [0.15, 0.2) is 17.5 Å². The first-order valence-electron chi connectivity index (χ1n) is 9.30. The van der Waals surface area contributed by atoms with Crippen molar-refractivity contribution in [1.29, 1.82) is 0 Å². The molecule has 1 N–H and O–H groups in total. The van der Waals surface area contributed by atoms with Gasteiger partial charge in [-0.05, 0) is 30.0 Å². The van der Waals surface area contributed by atoms with Crippen LogP contribution in [0.25, 0.3) is 0 Å². The Hall–Kier alpha value is -1.97. The summed E-state index contributed by atoms with van der Waals surface area (Å²) >= 11 is 0. The van der Waals surface area contributed by atoms with Crippen molar-refractivity contribution in [3.63, 3.8) is 0 Å². The number of nitrogens with one attached hydrogen (secondary N) is 1. The van der Waals surface area contributed by atoms with Gasteiger partial charge in [-0.2, -0.15) is 5.10 Å². The summed E-state index contributed by atoms with van der Waals surface area (Å²) in [5.74, 6) is 2.91. The van der Waals surface area contributed by atoms with Crippen LogP contribution in [0, 0.1) is 0 Å². The highest BCUT2D eigenvalue weighted by Gasteiger charge is 2.16. The molecule has 0 bridgehead atoms. The number of ether oxygens (including phenoxy) is 2. The van der Waals surface area contributed by atoms with Crippen LogP contribution in [0.4, 0.5) is 0 Å². The molecule has 3 rings (SSSR count). The van der Waals surface area contributed by atoms with Gasteiger partial charge in [-0.1, -0.05) is 19.9 Å². The van der Waals surface area contributed by atoms with Crippen molar-refractivity contribution in [2.45, 2.75) is 32.7 Å². The van der Waals surface area contributed by atoms with E-state index in [0.29, 0.717) is 12.7 Å². The van der Waals surface area contributed by atoms with Gasteiger partial charge in [0, 0.05) is 46.0 Å². The summed E-state index contributed by atoms with van der Waals surface area (Å²) in [4.78, 5) is 6.54. The monoisotopic (exact) mass is 499 g/mol. The number of halogens is 1. The molecule has 0 spiro atoms. The Morgan fingerprint density at radius 3 is 2.79 bits per heavy atom. The second kappa shape index (κ2) is 9.99. The number of hydrogen-bond donors (Lipinski definition) is 1. The Balaban J connectivity index is 0.00000280. The first-order chi connectivity index (χ1) is 13.0. The second-order valence-electron chi connectivity index (χ2n) is 7.14. The number of aromatic nitrogens is 2. The van der Waals surface area contributed by atoms with Crippen molar-refractivity contribution in [1.82, 2.24) is 20.0 Å². The summed E-state index contributed by atoms with van der Waals surface area (Å²) in [6.07, 6.45) is 2.97. The zero-order valence-corrected chi connectivity index (χ0v) is 19.6. The maximum absolute atomic E-state index is 5.44. The highest BCUT2D eigenvalue weighted by Crippen LogP contribution is 2.32. The van der Waals surface area contributed by atoms with Crippen LogP contribution in [0.15, 0.2) is 29.4 Å². The molecule has 0 aliphatic carbocycles. The van der Waals surface area contributed by atoms with Gasteiger partial charge in [0.25, 0.3) is 0 Å². The average molecular weight is 499 g/mol. The normalized spacial score (nSPS) is 12.9. The topological polar surface area (TPSA) is 63.9 Å². The van der Waals surface area contributed by atoms with E-state index in [4.69, 9.17) is 9.47 Å². The van der Waals surface area contributed by atoms with Crippen LogP contribution < -0.4 is 14.8 Å². The average Bonchev–Trinajstić information content (AvgIpc) is 3.24. The Morgan fingerprint density at radius 2 is 2.07 bits per heavy atom. The highest BCUT2D eigenvalue weighted by atomic mass is 127. The molecule has 0 atom stereocenters. The highest BCUT2D eigenvalue weighted by molar-refractivity contribution is 14.0. The zero-order chi connectivity index (χ0) is 19.4. The van der Waals surface area contributed by atoms with Crippen LogP contribution >= 0.6 is 24.0 Å². The number of aliphatic imine (C=N–C) groups is 1. The smallest absolute Gasteiger partial charge is 0.231 e. The molecule has 2 aromatic rings. The van der Waals surface area contributed by atoms with E-state index >= 15 is 0 Å². The van der Waals surface area contributed by atoms with Crippen molar-refractivity contribution in [3.8, 4) is 11.5 Å². The number of guanidine groups is 1. The van der Waals surface area contributed by atoms with Gasteiger partial charge in [-0.25, -0.2) is 0 Å². The lowest BCUT2D eigenvalue weighted by Gasteiger charge is -2.22. The van der Waals surface area contributed by atoms with E-state index in [2.05, 4.69) is 46.4 Å². The number of fused-ring (bicyclic) bond motifs is 1. The molecule has 0 saturated carbocycles. The van der Waals surface area contributed by atoms with Gasteiger partial charge in [-0.3, -0.25) is 9.67 Å². The zero-order valence-electron chi connectivity index (χ0n) is 17.2. The van der Waals surface area contributed by atoms with Crippen molar-refractivity contribution in [3.05, 3.63) is 41.2 Å². The number of aryl methyl sites for hydroxylation is 1. The molecule has 0 unspecified atom stereocenters. The molecule has 1 aromatic carbocycles. The maximum Gasteiger partial charge on any atom is 0.231 e. The van der Waals surface area contributed by atoms with E-state index in [-0.39, 0.29) is 24.0 Å². The molecule has 7 nitrogen and oxygen atoms in total. The molecule has 8 heteroatoms. The lowest BCUT2D eigenvalue weighted by Crippen LogP contribution is -2.39. The first-order valence-corrected chi connectivity index (χ1v) is 9.30. The van der Waals surface area contributed by atoms with Crippen molar-refractivity contribution in [2.75, 3.05) is 27.4 Å². The molecule has 28 heavy (non-hydrogen) atoms. The number of rotatable bonds is 6. The first kappa shape index (κ1) is 22.3. The van der Waals surface area contributed by atoms with E-state index in [1.807, 2.05) is 38.0 Å². The Labute approximate surface area is 184 Å². The van der Waals surface area contributed by atoms with Gasteiger partial charge in [0.2, 0.25) is 6.79 Å². The Bertz CT molecular complexity index is 819. The SMILES string of the molecule is CN=C(NCCc1ccc2c(c1)OCO2)N(C)Cc1cn(C)nc1C(C)C.I. The molecule has 0 radical (unpaired) electrons. The second-order valence-corrected chi connectivity index (χ2v) is 7.14. The van der Waals surface area contributed by atoms with E-state index in [1.165, 1.54) is 11.1 Å². The molecule has 0 saturated heterocycles. The molecule has 154 valence electrons. The van der Waals surface area contributed by atoms with Gasteiger partial charge in [0.1, 0.15) is 0 Å². The fraction of sp³-hybridized carbons (Fsp3) is 0.500. The molecular formula is C20H30IN5O2. The predicted octanol–water partition coefficient (Wildman–Crippen LogP) is 3.14. The summed E-state index contributed by atoms with van der Waals surface area (Å²) in [5.41, 5.74) is 3.58. The van der Waals surface area contributed by atoms with Crippen molar-refractivity contribution < 1.29 is 9.47 Å². The lowest BCUT2D eigenvalue weighted by atomic mass is 10.1. The summed E-state index contributed by atoms with van der Waals surface area (Å²) in [6, 6.07) is 6.09. The minimum Gasteiger partial charge on any atom is -0.454 e. The summed E-state index contributed by atoms with van der Waals surface area (Å²) in [5, 5.41) is 8.02. The van der Waals surface area contributed by atoms with Crippen LogP contribution in [0.2, 0.25) is 0 Å². The quantitative estimate of drug-likeness (QED) is 0.376. The van der Waals surface area contributed by atoms with E-state index in [1.54, 1.807) is 0 Å². The van der Waals surface area contributed by atoms with E-state index in [9.17, 15) is 0 Å². The van der Waals surface area contributed by atoms with Gasteiger partial charge >= 0.3 is 0 Å². The Kier molecular flexibility index (Phi) is 7.97. The van der Waals surface area contributed by atoms with Crippen LogP contribution in [-0.4, -0.2) is 48.1 Å². The molecule has 0 amide bonds. The van der Waals surface area contributed by atoms with E-state index in [0.717, 1.165) is 42.7 Å². The minimum atomic E-state index is 0. The lowest BCUT2D eigenvalue weighted by molar-refractivity contribution is 0.174. The van der Waals surface area contributed by atoms with Gasteiger partial charge < -0.3 is 19.7 Å². The maximum atomic E-state index is 5.44.